The van der Waals surface area contributed by atoms with Crippen LogP contribution >= 0.6 is 0 Å². The van der Waals surface area contributed by atoms with E-state index in [-0.39, 0.29) is 0 Å². The molecule has 4 rings (SSSR count). The van der Waals surface area contributed by atoms with Gasteiger partial charge >= 0.3 is 0 Å². The summed E-state index contributed by atoms with van der Waals surface area (Å²) in [6, 6.07) is 9.31. The number of hydrogen-bond acceptors (Lipinski definition) is 5. The van der Waals surface area contributed by atoms with Crippen molar-refractivity contribution in [3.05, 3.63) is 48.3 Å². The number of benzene rings is 1. The number of aliphatic hydroxyl groups excluding tert-OH is 1. The molecule has 1 N–H and O–H groups in total. The molecule has 0 aliphatic heterocycles. The van der Waals surface area contributed by atoms with Crippen LogP contribution in [-0.2, 0) is 15.5 Å². The van der Waals surface area contributed by atoms with E-state index in [1.54, 1.807) is 23.3 Å². The third-order valence-electron chi connectivity index (χ3n) is 4.77. The number of nitrogens with zero attached hydrogens (tertiary/aromatic N) is 3. The monoisotopic (exact) mass is 371 g/mol. The molecule has 26 heavy (non-hydrogen) atoms. The van der Waals surface area contributed by atoms with Crippen LogP contribution in [0.4, 0.5) is 0 Å². The van der Waals surface area contributed by atoms with Gasteiger partial charge in [-0.2, -0.15) is 5.10 Å². The van der Waals surface area contributed by atoms with Crippen molar-refractivity contribution in [3.63, 3.8) is 0 Å². The van der Waals surface area contributed by atoms with Crippen LogP contribution in [0.1, 0.15) is 30.9 Å². The van der Waals surface area contributed by atoms with Crippen molar-refractivity contribution in [1.82, 2.24) is 14.8 Å². The van der Waals surface area contributed by atoms with Gasteiger partial charge in [0.05, 0.1) is 24.6 Å². The van der Waals surface area contributed by atoms with Crippen molar-refractivity contribution >= 4 is 21.8 Å². The van der Waals surface area contributed by atoms with Crippen LogP contribution in [-0.4, -0.2) is 43.0 Å². The van der Waals surface area contributed by atoms with Gasteiger partial charge in [0, 0.05) is 39.1 Å². The van der Waals surface area contributed by atoms with Gasteiger partial charge in [0.15, 0.2) is 5.65 Å². The lowest BCUT2D eigenvalue weighted by molar-refractivity contribution is -0.0427. The van der Waals surface area contributed by atoms with E-state index < -0.39 is 16.9 Å². The maximum absolute atomic E-state index is 11.5. The summed E-state index contributed by atoms with van der Waals surface area (Å²) < 4.78 is 18.9. The molecule has 7 heteroatoms. The van der Waals surface area contributed by atoms with Crippen molar-refractivity contribution in [3.8, 4) is 5.69 Å². The minimum Gasteiger partial charge on any atom is -0.386 e. The third kappa shape index (κ3) is 3.42. The average Bonchev–Trinajstić information content (AvgIpc) is 3.03. The van der Waals surface area contributed by atoms with Gasteiger partial charge in [0.1, 0.15) is 6.10 Å². The van der Waals surface area contributed by atoms with Crippen molar-refractivity contribution in [1.29, 1.82) is 0 Å². The fourth-order valence-electron chi connectivity index (χ4n) is 2.95. The molecule has 2 atom stereocenters. The molecule has 2 unspecified atom stereocenters. The summed E-state index contributed by atoms with van der Waals surface area (Å²) in [5.74, 6) is 0. The maximum Gasteiger partial charge on any atom is 0.162 e. The minimum atomic E-state index is -1.01. The van der Waals surface area contributed by atoms with E-state index in [1.807, 2.05) is 30.3 Å². The van der Waals surface area contributed by atoms with Gasteiger partial charge in [-0.25, -0.2) is 9.67 Å². The Labute approximate surface area is 154 Å². The van der Waals surface area contributed by atoms with Gasteiger partial charge in [0.2, 0.25) is 0 Å². The summed E-state index contributed by atoms with van der Waals surface area (Å²) >= 11 is 0. The van der Waals surface area contributed by atoms with E-state index in [0.717, 1.165) is 34.4 Å². The van der Waals surface area contributed by atoms with Gasteiger partial charge in [0.25, 0.3) is 0 Å². The predicted octanol–water partition coefficient (Wildman–Crippen LogP) is 2.76. The Hall–Kier alpha value is -2.09. The normalized spacial score (nSPS) is 17.2. The molecule has 1 fully saturated rings. The van der Waals surface area contributed by atoms with Gasteiger partial charge in [-0.1, -0.05) is 0 Å². The average molecular weight is 371 g/mol. The van der Waals surface area contributed by atoms with Crippen molar-refractivity contribution in [2.24, 2.45) is 0 Å². The van der Waals surface area contributed by atoms with Crippen LogP contribution < -0.4 is 0 Å². The molecule has 2 aromatic heterocycles. The fraction of sp³-hybridized carbons (Fsp3) is 0.368. The van der Waals surface area contributed by atoms with Crippen molar-refractivity contribution < 1.29 is 14.1 Å². The standard InChI is InChI=1S/C19H21N3O3S/c1-26(24)17-7-5-15(6-8-17)22-19-14(11-21-22)9-13(10-20-19)18(23)12-25-16-3-2-4-16/h5-11,16,18,23H,2-4,12H2,1H3. The highest BCUT2D eigenvalue weighted by Gasteiger charge is 2.20. The number of fused-ring (bicyclic) bond motifs is 1. The maximum atomic E-state index is 11.5. The topological polar surface area (TPSA) is 77.2 Å². The molecular weight excluding hydrogens is 350 g/mol. The zero-order valence-corrected chi connectivity index (χ0v) is 15.4. The lowest BCUT2D eigenvalue weighted by atomic mass is 9.96. The highest BCUT2D eigenvalue weighted by atomic mass is 32.2. The summed E-state index contributed by atoms with van der Waals surface area (Å²) in [6.45, 7) is 0.293. The molecule has 0 bridgehead atoms. The van der Waals surface area contributed by atoms with E-state index >= 15 is 0 Å². The van der Waals surface area contributed by atoms with Gasteiger partial charge in [-0.15, -0.1) is 0 Å². The quantitative estimate of drug-likeness (QED) is 0.721. The predicted molar refractivity (Wildman–Crippen MR) is 99.7 cm³/mol. The second-order valence-electron chi connectivity index (χ2n) is 6.59. The molecule has 136 valence electrons. The van der Waals surface area contributed by atoms with Crippen LogP contribution in [0.3, 0.4) is 0 Å². The van der Waals surface area contributed by atoms with E-state index in [0.29, 0.717) is 18.4 Å². The molecule has 6 nitrogen and oxygen atoms in total. The Morgan fingerprint density at radius 1 is 1.31 bits per heavy atom. The highest BCUT2D eigenvalue weighted by Crippen LogP contribution is 2.25. The van der Waals surface area contributed by atoms with E-state index in [2.05, 4.69) is 10.1 Å². The Bertz CT molecular complexity index is 935. The molecule has 1 aliphatic carbocycles. The molecule has 2 heterocycles. The van der Waals surface area contributed by atoms with Crippen LogP contribution in [0.25, 0.3) is 16.7 Å². The summed E-state index contributed by atoms with van der Waals surface area (Å²) in [5, 5.41) is 15.6. The van der Waals surface area contributed by atoms with Gasteiger partial charge in [-0.3, -0.25) is 4.21 Å². The summed E-state index contributed by atoms with van der Waals surface area (Å²) in [4.78, 5) is 5.26. The van der Waals surface area contributed by atoms with Crippen LogP contribution in [0.5, 0.6) is 0 Å². The lowest BCUT2D eigenvalue weighted by Crippen LogP contribution is -2.24. The van der Waals surface area contributed by atoms with E-state index in [1.165, 1.54) is 6.42 Å². The zero-order chi connectivity index (χ0) is 18.1. The smallest absolute Gasteiger partial charge is 0.162 e. The third-order valence-corrected chi connectivity index (χ3v) is 5.71. The summed E-state index contributed by atoms with van der Waals surface area (Å²) in [7, 11) is -1.01. The SMILES string of the molecule is CS(=O)c1ccc(-n2ncc3cc(C(O)COC4CCC4)cnc32)cc1. The molecule has 0 amide bonds. The van der Waals surface area contributed by atoms with Gasteiger partial charge < -0.3 is 9.84 Å². The number of ether oxygens (including phenoxy) is 1. The first-order valence-corrected chi connectivity index (χ1v) is 10.2. The van der Waals surface area contributed by atoms with E-state index in [4.69, 9.17) is 4.74 Å². The molecule has 3 aromatic rings. The van der Waals surface area contributed by atoms with Crippen LogP contribution in [0.15, 0.2) is 47.6 Å². The first-order chi connectivity index (χ1) is 12.6. The zero-order valence-electron chi connectivity index (χ0n) is 14.5. The second-order valence-corrected chi connectivity index (χ2v) is 7.97. The molecule has 1 saturated carbocycles. The first-order valence-electron chi connectivity index (χ1n) is 8.69. The fourth-order valence-corrected chi connectivity index (χ4v) is 3.47. The lowest BCUT2D eigenvalue weighted by Gasteiger charge is -2.26. The van der Waals surface area contributed by atoms with Crippen molar-refractivity contribution in [2.75, 3.05) is 12.9 Å². The van der Waals surface area contributed by atoms with Crippen LogP contribution in [0, 0.1) is 0 Å². The molecule has 0 spiro atoms. The summed E-state index contributed by atoms with van der Waals surface area (Å²) in [5.41, 5.74) is 2.29. The number of rotatable bonds is 6. The highest BCUT2D eigenvalue weighted by molar-refractivity contribution is 7.84. The Morgan fingerprint density at radius 2 is 2.08 bits per heavy atom. The molecule has 0 radical (unpaired) electrons. The van der Waals surface area contributed by atoms with Crippen LogP contribution in [0.2, 0.25) is 0 Å². The largest absolute Gasteiger partial charge is 0.386 e. The first kappa shape index (κ1) is 17.3. The molecule has 1 aliphatic rings. The molecule has 0 saturated heterocycles. The Morgan fingerprint density at radius 3 is 2.73 bits per heavy atom. The second kappa shape index (κ2) is 7.26. The number of aromatic nitrogens is 3. The summed E-state index contributed by atoms with van der Waals surface area (Å²) in [6.07, 6.45) is 8.05. The molecular formula is C19H21N3O3S. The van der Waals surface area contributed by atoms with Gasteiger partial charge in [-0.05, 0) is 49.6 Å². The Kier molecular flexibility index (Phi) is 4.84. The Balaban J connectivity index is 1.55. The molecule has 1 aromatic carbocycles. The van der Waals surface area contributed by atoms with Crippen molar-refractivity contribution in [2.45, 2.75) is 36.4 Å². The number of aliphatic hydroxyl groups is 1. The van der Waals surface area contributed by atoms with E-state index in [9.17, 15) is 9.32 Å². The number of pyridine rings is 1. The minimum absolute atomic E-state index is 0.293. The number of hydrogen-bond donors (Lipinski definition) is 1.